The number of aryl methyl sites for hydroxylation is 1. The molecule has 0 spiro atoms. The third kappa shape index (κ3) is 3.18. The largest absolute Gasteiger partial charge is 0.309 e. The number of hydrogen-bond donors (Lipinski definition) is 3. The van der Waals surface area contributed by atoms with Crippen LogP contribution in [0.5, 0.6) is 0 Å². The number of aromatic nitrogens is 5. The molecule has 3 N–H and O–H groups in total. The van der Waals surface area contributed by atoms with Gasteiger partial charge in [-0.15, -0.1) is 0 Å². The minimum Gasteiger partial charge on any atom is -0.309 e. The summed E-state index contributed by atoms with van der Waals surface area (Å²) in [5.74, 6) is 0.158. The van der Waals surface area contributed by atoms with Crippen molar-refractivity contribution in [2.45, 2.75) is 6.92 Å². The van der Waals surface area contributed by atoms with Gasteiger partial charge in [-0.25, -0.2) is 25.4 Å². The molecule has 4 rings (SSSR count). The smallest absolute Gasteiger partial charge is 0.277 e. The number of anilines is 2. The van der Waals surface area contributed by atoms with Gasteiger partial charge in [0.05, 0.1) is 17.0 Å². The van der Waals surface area contributed by atoms with Gasteiger partial charge >= 0.3 is 0 Å². The van der Waals surface area contributed by atoms with Crippen LogP contribution in [0.3, 0.4) is 0 Å². The van der Waals surface area contributed by atoms with Crippen LogP contribution in [0.15, 0.2) is 55.1 Å². The fourth-order valence-electron chi connectivity index (χ4n) is 2.80. The molecule has 0 saturated carbocycles. The average molecular weight is 361 g/mol. The molecule has 4 aromatic rings. The molecule has 0 saturated heterocycles. The summed E-state index contributed by atoms with van der Waals surface area (Å²) in [7, 11) is 0. The standard InChI is InChI=1S/C18H15N7O2/c1-11-16(25-7-3-2-4-15(25)22-11)12-5-6-19-14(8-12)23-18-20-9-13(10-21-18)17(26)24-27/h2-10,27H,1H3,(H,24,26)(H,19,20,21,23). The number of nitrogens with one attached hydrogen (secondary N) is 2. The summed E-state index contributed by atoms with van der Waals surface area (Å²) >= 11 is 0. The topological polar surface area (TPSA) is 117 Å². The molecule has 9 heteroatoms. The Bertz CT molecular complexity index is 1120. The number of hydroxylamine groups is 1. The van der Waals surface area contributed by atoms with Crippen LogP contribution in [-0.4, -0.2) is 35.5 Å². The summed E-state index contributed by atoms with van der Waals surface area (Å²) in [6.07, 6.45) is 6.26. The maximum atomic E-state index is 11.3. The summed E-state index contributed by atoms with van der Waals surface area (Å²) in [5.41, 5.74) is 5.38. The molecular weight excluding hydrogens is 346 g/mol. The summed E-state index contributed by atoms with van der Waals surface area (Å²) in [5, 5.41) is 11.6. The van der Waals surface area contributed by atoms with E-state index in [1.807, 2.05) is 47.9 Å². The summed E-state index contributed by atoms with van der Waals surface area (Å²) < 4.78 is 2.02. The normalized spacial score (nSPS) is 10.7. The van der Waals surface area contributed by atoms with Crippen LogP contribution in [0, 0.1) is 6.92 Å². The third-order valence-electron chi connectivity index (χ3n) is 3.99. The first-order chi connectivity index (χ1) is 13.2. The van der Waals surface area contributed by atoms with E-state index in [9.17, 15) is 4.79 Å². The van der Waals surface area contributed by atoms with Gasteiger partial charge in [-0.3, -0.25) is 14.4 Å². The van der Waals surface area contributed by atoms with Crippen LogP contribution in [0.4, 0.5) is 11.8 Å². The third-order valence-corrected chi connectivity index (χ3v) is 3.99. The second-order valence-electron chi connectivity index (χ2n) is 5.77. The van der Waals surface area contributed by atoms with Crippen molar-refractivity contribution in [1.82, 2.24) is 29.8 Å². The second-order valence-corrected chi connectivity index (χ2v) is 5.77. The van der Waals surface area contributed by atoms with Gasteiger partial charge in [0.1, 0.15) is 11.5 Å². The molecular formula is C18H15N7O2. The minimum atomic E-state index is -0.676. The Balaban J connectivity index is 1.65. The van der Waals surface area contributed by atoms with Gasteiger partial charge in [0.15, 0.2) is 0 Å². The second kappa shape index (κ2) is 6.81. The lowest BCUT2D eigenvalue weighted by Crippen LogP contribution is -2.19. The molecule has 4 heterocycles. The number of pyridine rings is 2. The molecule has 0 aromatic carbocycles. The van der Waals surface area contributed by atoms with Crippen molar-refractivity contribution in [2.75, 3.05) is 5.32 Å². The molecule has 134 valence electrons. The van der Waals surface area contributed by atoms with Crippen molar-refractivity contribution in [3.8, 4) is 11.3 Å². The Labute approximate surface area is 153 Å². The van der Waals surface area contributed by atoms with E-state index in [0.29, 0.717) is 5.82 Å². The molecule has 27 heavy (non-hydrogen) atoms. The molecule has 4 aromatic heterocycles. The first-order valence-corrected chi connectivity index (χ1v) is 8.09. The van der Waals surface area contributed by atoms with Gasteiger partial charge in [-0.05, 0) is 31.2 Å². The lowest BCUT2D eigenvalue weighted by molar-refractivity contribution is 0.0705. The quantitative estimate of drug-likeness (QED) is 0.377. The Morgan fingerprint density at radius 2 is 1.96 bits per heavy atom. The van der Waals surface area contributed by atoms with E-state index in [1.165, 1.54) is 17.9 Å². The SMILES string of the molecule is Cc1nc2ccccn2c1-c1ccnc(Nc2ncc(C(=O)NO)cn2)c1. The molecule has 0 aliphatic heterocycles. The molecule has 0 aliphatic rings. The fraction of sp³-hybridized carbons (Fsp3) is 0.0556. The van der Waals surface area contributed by atoms with Crippen LogP contribution in [-0.2, 0) is 0 Å². The number of nitrogens with zero attached hydrogens (tertiary/aromatic N) is 5. The van der Waals surface area contributed by atoms with Crippen LogP contribution in [0.25, 0.3) is 16.9 Å². The highest BCUT2D eigenvalue weighted by Crippen LogP contribution is 2.26. The number of rotatable bonds is 4. The van der Waals surface area contributed by atoms with Gasteiger partial charge < -0.3 is 5.32 Å². The zero-order valence-corrected chi connectivity index (χ0v) is 14.3. The summed E-state index contributed by atoms with van der Waals surface area (Å²) in [6, 6.07) is 9.64. The first kappa shape index (κ1) is 16.6. The number of imidazole rings is 1. The van der Waals surface area contributed by atoms with Gasteiger partial charge in [0.25, 0.3) is 5.91 Å². The molecule has 1 amide bonds. The molecule has 9 nitrogen and oxygen atoms in total. The maximum Gasteiger partial charge on any atom is 0.277 e. The van der Waals surface area contributed by atoms with Crippen LogP contribution >= 0.6 is 0 Å². The van der Waals surface area contributed by atoms with Gasteiger partial charge in [0.2, 0.25) is 5.95 Å². The minimum absolute atomic E-state index is 0.145. The highest BCUT2D eigenvalue weighted by atomic mass is 16.5. The van der Waals surface area contributed by atoms with Gasteiger partial charge in [0, 0.05) is 30.4 Å². The van der Waals surface area contributed by atoms with Crippen LogP contribution < -0.4 is 10.8 Å². The highest BCUT2D eigenvalue weighted by molar-refractivity contribution is 5.92. The zero-order valence-electron chi connectivity index (χ0n) is 14.3. The number of hydrogen-bond acceptors (Lipinski definition) is 7. The van der Waals surface area contributed by atoms with Crippen molar-refractivity contribution < 1.29 is 10.0 Å². The fourth-order valence-corrected chi connectivity index (χ4v) is 2.80. The molecule has 0 aliphatic carbocycles. The van der Waals surface area contributed by atoms with Crippen molar-refractivity contribution in [3.05, 3.63) is 66.4 Å². The van der Waals surface area contributed by atoms with Gasteiger partial charge in [-0.2, -0.15) is 0 Å². The van der Waals surface area contributed by atoms with E-state index in [-0.39, 0.29) is 11.5 Å². The van der Waals surface area contributed by atoms with Crippen molar-refractivity contribution in [3.63, 3.8) is 0 Å². The lowest BCUT2D eigenvalue weighted by atomic mass is 10.1. The number of amides is 1. The average Bonchev–Trinajstić information content (AvgIpc) is 3.04. The Morgan fingerprint density at radius 3 is 2.74 bits per heavy atom. The predicted molar refractivity (Wildman–Crippen MR) is 97.7 cm³/mol. The predicted octanol–water partition coefficient (Wildman–Crippen LogP) is 2.36. The van der Waals surface area contributed by atoms with Crippen molar-refractivity contribution in [1.29, 1.82) is 0 Å². The molecule has 0 atom stereocenters. The highest BCUT2D eigenvalue weighted by Gasteiger charge is 2.12. The van der Waals surface area contributed by atoms with Crippen LogP contribution in [0.1, 0.15) is 16.1 Å². The first-order valence-electron chi connectivity index (χ1n) is 8.09. The van der Waals surface area contributed by atoms with E-state index in [0.717, 1.165) is 22.6 Å². The monoisotopic (exact) mass is 361 g/mol. The number of carbonyl (C=O) groups is 1. The Kier molecular flexibility index (Phi) is 4.19. The Hall–Kier alpha value is -3.85. The maximum absolute atomic E-state index is 11.3. The van der Waals surface area contributed by atoms with E-state index in [1.54, 1.807) is 6.20 Å². The van der Waals surface area contributed by atoms with E-state index >= 15 is 0 Å². The molecule has 0 unspecified atom stereocenters. The van der Waals surface area contributed by atoms with Crippen molar-refractivity contribution >= 4 is 23.3 Å². The van der Waals surface area contributed by atoms with E-state index in [2.05, 4.69) is 25.3 Å². The zero-order chi connectivity index (χ0) is 18.8. The Morgan fingerprint density at radius 1 is 1.15 bits per heavy atom. The number of fused-ring (bicyclic) bond motifs is 1. The molecule has 0 bridgehead atoms. The molecule has 0 fully saturated rings. The van der Waals surface area contributed by atoms with Gasteiger partial charge in [-0.1, -0.05) is 6.07 Å². The van der Waals surface area contributed by atoms with E-state index < -0.39 is 5.91 Å². The summed E-state index contributed by atoms with van der Waals surface area (Å²) in [4.78, 5) is 28.3. The van der Waals surface area contributed by atoms with Crippen molar-refractivity contribution in [2.24, 2.45) is 0 Å². The number of carbonyl (C=O) groups excluding carboxylic acids is 1. The molecule has 0 radical (unpaired) electrons. The summed E-state index contributed by atoms with van der Waals surface area (Å²) in [6.45, 7) is 1.96. The van der Waals surface area contributed by atoms with E-state index in [4.69, 9.17) is 5.21 Å². The van der Waals surface area contributed by atoms with Crippen LogP contribution in [0.2, 0.25) is 0 Å². The lowest BCUT2D eigenvalue weighted by Gasteiger charge is -2.07.